The maximum atomic E-state index is 12.2. The molecule has 0 unspecified atom stereocenters. The van der Waals surface area contributed by atoms with Gasteiger partial charge < -0.3 is 19.5 Å². The number of carbonyl (C=O) groups excluding carboxylic acids is 3. The van der Waals surface area contributed by atoms with Gasteiger partial charge in [0.1, 0.15) is 10.8 Å². The standard InChI is InChI=1S/C18H19NO6S/c1-10-11(2)26-16(15(10)18(22)24-4)19-14(20)9-25-13-7-5-6-12(8-13)17(21)23-3/h5-8H,9H2,1-4H3,(H,19,20). The predicted octanol–water partition coefficient (Wildman–Crippen LogP) is 2.96. The Hall–Kier alpha value is -2.87. The Bertz CT molecular complexity index is 842. The number of thiophene rings is 1. The van der Waals surface area contributed by atoms with E-state index in [9.17, 15) is 14.4 Å². The number of amides is 1. The van der Waals surface area contributed by atoms with E-state index < -0.39 is 17.8 Å². The van der Waals surface area contributed by atoms with Crippen molar-refractivity contribution in [3.63, 3.8) is 0 Å². The van der Waals surface area contributed by atoms with Crippen molar-refractivity contribution in [2.45, 2.75) is 13.8 Å². The summed E-state index contributed by atoms with van der Waals surface area (Å²) in [6, 6.07) is 6.32. The number of nitrogens with one attached hydrogen (secondary N) is 1. The number of aryl methyl sites for hydroxylation is 1. The molecule has 26 heavy (non-hydrogen) atoms. The Morgan fingerprint density at radius 2 is 1.77 bits per heavy atom. The molecule has 0 bridgehead atoms. The second kappa shape index (κ2) is 8.48. The van der Waals surface area contributed by atoms with Crippen molar-refractivity contribution in [3.8, 4) is 5.75 Å². The van der Waals surface area contributed by atoms with Gasteiger partial charge in [-0.1, -0.05) is 6.07 Å². The minimum absolute atomic E-state index is 0.277. The Morgan fingerprint density at radius 1 is 1.08 bits per heavy atom. The zero-order valence-electron chi connectivity index (χ0n) is 14.9. The monoisotopic (exact) mass is 377 g/mol. The van der Waals surface area contributed by atoms with Crippen molar-refractivity contribution >= 4 is 34.2 Å². The largest absolute Gasteiger partial charge is 0.484 e. The smallest absolute Gasteiger partial charge is 0.341 e. The molecular formula is C18H19NO6S. The zero-order chi connectivity index (χ0) is 19.3. The number of carbonyl (C=O) groups is 3. The molecule has 1 amide bonds. The SMILES string of the molecule is COC(=O)c1cccc(OCC(=O)Nc2sc(C)c(C)c2C(=O)OC)c1. The molecule has 1 N–H and O–H groups in total. The van der Waals surface area contributed by atoms with E-state index in [1.165, 1.54) is 31.6 Å². The third-order valence-corrected chi connectivity index (χ3v) is 4.78. The van der Waals surface area contributed by atoms with Crippen molar-refractivity contribution < 1.29 is 28.6 Å². The van der Waals surface area contributed by atoms with Crippen LogP contribution in [0.4, 0.5) is 5.00 Å². The number of ether oxygens (including phenoxy) is 3. The van der Waals surface area contributed by atoms with Crippen molar-refractivity contribution in [3.05, 3.63) is 45.8 Å². The van der Waals surface area contributed by atoms with E-state index >= 15 is 0 Å². The molecule has 2 aromatic rings. The van der Waals surface area contributed by atoms with Crippen LogP contribution < -0.4 is 10.1 Å². The molecular weight excluding hydrogens is 358 g/mol. The Morgan fingerprint density at radius 3 is 2.42 bits per heavy atom. The highest BCUT2D eigenvalue weighted by atomic mass is 32.1. The molecule has 0 spiro atoms. The average Bonchev–Trinajstić information content (AvgIpc) is 2.92. The number of hydrogen-bond donors (Lipinski definition) is 1. The van der Waals surface area contributed by atoms with Gasteiger partial charge in [-0.25, -0.2) is 9.59 Å². The first kappa shape index (κ1) is 19.5. The van der Waals surface area contributed by atoms with Crippen LogP contribution in [0.1, 0.15) is 31.2 Å². The number of anilines is 1. The lowest BCUT2D eigenvalue weighted by Gasteiger charge is -2.09. The third kappa shape index (κ3) is 4.40. The summed E-state index contributed by atoms with van der Waals surface area (Å²) in [6.45, 7) is 3.38. The molecule has 0 aliphatic heterocycles. The highest BCUT2D eigenvalue weighted by Gasteiger charge is 2.21. The fourth-order valence-electron chi connectivity index (χ4n) is 2.21. The molecule has 0 saturated carbocycles. The van der Waals surface area contributed by atoms with Crippen LogP contribution in [-0.2, 0) is 14.3 Å². The van der Waals surface area contributed by atoms with Gasteiger partial charge in [0.25, 0.3) is 5.91 Å². The molecule has 1 aromatic carbocycles. The van der Waals surface area contributed by atoms with Gasteiger partial charge in [0.05, 0.1) is 25.3 Å². The van der Waals surface area contributed by atoms with Crippen molar-refractivity contribution in [1.82, 2.24) is 0 Å². The summed E-state index contributed by atoms with van der Waals surface area (Å²) in [5.74, 6) is -1.07. The fourth-order valence-corrected chi connectivity index (χ4v) is 3.27. The summed E-state index contributed by atoms with van der Waals surface area (Å²) in [5.41, 5.74) is 1.43. The highest BCUT2D eigenvalue weighted by Crippen LogP contribution is 2.32. The lowest BCUT2D eigenvalue weighted by atomic mass is 10.1. The van der Waals surface area contributed by atoms with Gasteiger partial charge in [-0.3, -0.25) is 4.79 Å². The number of methoxy groups -OCH3 is 2. The summed E-state index contributed by atoms with van der Waals surface area (Å²) in [4.78, 5) is 36.5. The summed E-state index contributed by atoms with van der Waals surface area (Å²) in [6.07, 6.45) is 0. The molecule has 0 radical (unpaired) electrons. The summed E-state index contributed by atoms with van der Waals surface area (Å²) >= 11 is 1.29. The number of benzene rings is 1. The maximum absolute atomic E-state index is 12.2. The summed E-state index contributed by atoms with van der Waals surface area (Å²) < 4.78 is 14.8. The quantitative estimate of drug-likeness (QED) is 0.779. The maximum Gasteiger partial charge on any atom is 0.341 e. The minimum Gasteiger partial charge on any atom is -0.484 e. The second-order valence-electron chi connectivity index (χ2n) is 5.34. The molecule has 8 heteroatoms. The van der Waals surface area contributed by atoms with Gasteiger partial charge in [0.2, 0.25) is 0 Å². The zero-order valence-corrected chi connectivity index (χ0v) is 15.7. The van der Waals surface area contributed by atoms with Crippen LogP contribution in [0.15, 0.2) is 24.3 Å². The number of esters is 2. The molecule has 0 atom stereocenters. The highest BCUT2D eigenvalue weighted by molar-refractivity contribution is 7.16. The number of hydrogen-bond acceptors (Lipinski definition) is 7. The lowest BCUT2D eigenvalue weighted by molar-refractivity contribution is -0.118. The van der Waals surface area contributed by atoms with Gasteiger partial charge >= 0.3 is 11.9 Å². The molecule has 0 saturated heterocycles. The van der Waals surface area contributed by atoms with Crippen LogP contribution in [0.3, 0.4) is 0 Å². The Labute approximate surface area is 154 Å². The molecule has 0 fully saturated rings. The van der Waals surface area contributed by atoms with Gasteiger partial charge in [-0.2, -0.15) is 0 Å². The van der Waals surface area contributed by atoms with Gasteiger partial charge in [-0.05, 0) is 37.6 Å². The van der Waals surface area contributed by atoms with Crippen LogP contribution in [-0.4, -0.2) is 38.7 Å². The number of rotatable bonds is 6. The first-order valence-corrected chi connectivity index (χ1v) is 8.48. The average molecular weight is 377 g/mol. The van der Waals surface area contributed by atoms with E-state index in [-0.39, 0.29) is 6.61 Å². The third-order valence-electron chi connectivity index (χ3n) is 3.65. The molecule has 138 valence electrons. The van der Waals surface area contributed by atoms with E-state index in [1.54, 1.807) is 25.1 Å². The van der Waals surface area contributed by atoms with Gasteiger partial charge in [-0.15, -0.1) is 11.3 Å². The van der Waals surface area contributed by atoms with Gasteiger partial charge in [0.15, 0.2) is 6.61 Å². The van der Waals surface area contributed by atoms with E-state index in [0.717, 1.165) is 10.4 Å². The summed E-state index contributed by atoms with van der Waals surface area (Å²) in [7, 11) is 2.57. The topological polar surface area (TPSA) is 90.9 Å². The molecule has 7 nitrogen and oxygen atoms in total. The molecule has 0 aliphatic rings. The molecule has 1 heterocycles. The summed E-state index contributed by atoms with van der Waals surface area (Å²) in [5, 5.41) is 3.09. The first-order chi connectivity index (χ1) is 12.4. The van der Waals surface area contributed by atoms with Crippen LogP contribution in [0.2, 0.25) is 0 Å². The normalized spacial score (nSPS) is 10.2. The van der Waals surface area contributed by atoms with E-state index in [4.69, 9.17) is 9.47 Å². The fraction of sp³-hybridized carbons (Fsp3) is 0.278. The van der Waals surface area contributed by atoms with Crippen molar-refractivity contribution in [1.29, 1.82) is 0 Å². The van der Waals surface area contributed by atoms with Crippen molar-refractivity contribution in [2.75, 3.05) is 26.1 Å². The molecule has 2 rings (SSSR count). The minimum atomic E-state index is -0.506. The van der Waals surface area contributed by atoms with Crippen LogP contribution in [0.25, 0.3) is 0 Å². The molecule has 1 aromatic heterocycles. The van der Waals surface area contributed by atoms with E-state index in [2.05, 4.69) is 10.1 Å². The lowest BCUT2D eigenvalue weighted by Crippen LogP contribution is -2.21. The predicted molar refractivity (Wildman–Crippen MR) is 97.0 cm³/mol. The Balaban J connectivity index is 2.05. The van der Waals surface area contributed by atoms with E-state index in [1.807, 2.05) is 6.92 Å². The first-order valence-electron chi connectivity index (χ1n) is 7.66. The Kier molecular flexibility index (Phi) is 6.35. The van der Waals surface area contributed by atoms with Crippen LogP contribution >= 0.6 is 11.3 Å². The van der Waals surface area contributed by atoms with Crippen molar-refractivity contribution in [2.24, 2.45) is 0 Å². The second-order valence-corrected chi connectivity index (χ2v) is 6.56. The van der Waals surface area contributed by atoms with Crippen LogP contribution in [0.5, 0.6) is 5.75 Å². The van der Waals surface area contributed by atoms with Gasteiger partial charge in [0, 0.05) is 4.88 Å². The molecule has 0 aliphatic carbocycles. The van der Waals surface area contributed by atoms with Crippen LogP contribution in [0, 0.1) is 13.8 Å². The van der Waals surface area contributed by atoms with E-state index in [0.29, 0.717) is 21.9 Å².